The number of thiophene rings is 1. The highest BCUT2D eigenvalue weighted by Gasteiger charge is 2.37. The number of imidazole rings is 1. The minimum atomic E-state index is 0.493. The molecule has 1 aliphatic heterocycles. The molecule has 3 nitrogen and oxygen atoms in total. The third-order valence-corrected chi connectivity index (χ3v) is 7.50. The van der Waals surface area contributed by atoms with E-state index in [0.717, 1.165) is 5.52 Å². The Morgan fingerprint density at radius 3 is 2.74 bits per heavy atom. The minimum absolute atomic E-state index is 0.493. The van der Waals surface area contributed by atoms with Crippen LogP contribution in [0.3, 0.4) is 0 Å². The summed E-state index contributed by atoms with van der Waals surface area (Å²) in [5, 5.41) is 3.56. The number of fused-ring (bicyclic) bond motifs is 4. The SMILES string of the molecule is c1ccc2c(C3CCC(C4c5sccc5-c5nccn54)CC3)ccnc2c1. The number of hydrogen-bond acceptors (Lipinski definition) is 3. The van der Waals surface area contributed by atoms with E-state index in [9.17, 15) is 0 Å². The minimum Gasteiger partial charge on any atom is -0.322 e. The van der Waals surface area contributed by atoms with Crippen molar-refractivity contribution in [3.8, 4) is 11.4 Å². The van der Waals surface area contributed by atoms with Crippen LogP contribution in [-0.2, 0) is 0 Å². The Bertz CT molecular complexity index is 1070. The van der Waals surface area contributed by atoms with E-state index in [2.05, 4.69) is 62.5 Å². The van der Waals surface area contributed by atoms with Crippen LogP contribution < -0.4 is 0 Å². The molecule has 1 aliphatic carbocycles. The van der Waals surface area contributed by atoms with Gasteiger partial charge in [0.15, 0.2) is 0 Å². The predicted octanol–water partition coefficient (Wildman–Crippen LogP) is 6.04. The third-order valence-electron chi connectivity index (χ3n) is 6.51. The second kappa shape index (κ2) is 6.03. The van der Waals surface area contributed by atoms with Crippen molar-refractivity contribution in [1.82, 2.24) is 14.5 Å². The second-order valence-corrected chi connectivity index (χ2v) is 8.78. The normalized spacial score (nSPS) is 24.1. The monoisotopic (exact) mass is 371 g/mol. The van der Waals surface area contributed by atoms with E-state index in [0.29, 0.717) is 17.9 Å². The highest BCUT2D eigenvalue weighted by atomic mass is 32.1. The van der Waals surface area contributed by atoms with E-state index in [-0.39, 0.29) is 0 Å². The van der Waals surface area contributed by atoms with E-state index < -0.39 is 0 Å². The maximum absolute atomic E-state index is 4.61. The van der Waals surface area contributed by atoms with Crippen LogP contribution in [0, 0.1) is 5.92 Å². The summed E-state index contributed by atoms with van der Waals surface area (Å²) in [6.07, 6.45) is 11.2. The van der Waals surface area contributed by atoms with Crippen LogP contribution >= 0.6 is 11.3 Å². The number of benzene rings is 1. The van der Waals surface area contributed by atoms with Crippen molar-refractivity contribution in [2.45, 2.75) is 37.6 Å². The van der Waals surface area contributed by atoms with Crippen LogP contribution in [0.5, 0.6) is 0 Å². The lowest BCUT2D eigenvalue weighted by Gasteiger charge is -2.33. The molecule has 1 unspecified atom stereocenters. The third kappa shape index (κ3) is 2.32. The fourth-order valence-electron chi connectivity index (χ4n) is 5.27. The summed E-state index contributed by atoms with van der Waals surface area (Å²) in [4.78, 5) is 10.7. The average Bonchev–Trinajstić information content (AvgIpc) is 3.42. The Kier molecular flexibility index (Phi) is 3.48. The van der Waals surface area contributed by atoms with E-state index in [1.807, 2.05) is 23.7 Å². The lowest BCUT2D eigenvalue weighted by molar-refractivity contribution is 0.268. The molecule has 0 spiro atoms. The highest BCUT2D eigenvalue weighted by Crippen LogP contribution is 2.50. The zero-order valence-electron chi connectivity index (χ0n) is 15.1. The Labute approximate surface area is 162 Å². The second-order valence-electron chi connectivity index (χ2n) is 7.83. The van der Waals surface area contributed by atoms with Crippen LogP contribution in [0.15, 0.2) is 60.4 Å². The van der Waals surface area contributed by atoms with Gasteiger partial charge in [0, 0.05) is 34.4 Å². The molecule has 3 aromatic heterocycles. The lowest BCUT2D eigenvalue weighted by atomic mass is 9.75. The first kappa shape index (κ1) is 15.6. The summed E-state index contributed by atoms with van der Waals surface area (Å²) >= 11 is 1.90. The Balaban J connectivity index is 1.28. The molecule has 0 bridgehead atoms. The summed E-state index contributed by atoms with van der Waals surface area (Å²) in [6.45, 7) is 0. The Morgan fingerprint density at radius 2 is 1.81 bits per heavy atom. The van der Waals surface area contributed by atoms with Gasteiger partial charge in [-0.3, -0.25) is 4.98 Å². The first-order valence-electron chi connectivity index (χ1n) is 9.84. The predicted molar refractivity (Wildman–Crippen MR) is 110 cm³/mol. The number of aromatic nitrogens is 3. The zero-order chi connectivity index (χ0) is 17.8. The van der Waals surface area contributed by atoms with Crippen molar-refractivity contribution in [3.63, 3.8) is 0 Å². The zero-order valence-corrected chi connectivity index (χ0v) is 15.9. The molecule has 1 atom stereocenters. The molecule has 2 aliphatic rings. The van der Waals surface area contributed by atoms with Crippen LogP contribution in [0.25, 0.3) is 22.3 Å². The summed E-state index contributed by atoms with van der Waals surface area (Å²) < 4.78 is 2.42. The summed E-state index contributed by atoms with van der Waals surface area (Å²) in [5.41, 5.74) is 3.97. The number of nitrogens with zero attached hydrogens (tertiary/aromatic N) is 3. The van der Waals surface area contributed by atoms with E-state index in [1.54, 1.807) is 0 Å². The number of para-hydroxylation sites is 1. The van der Waals surface area contributed by atoms with Crippen molar-refractivity contribution < 1.29 is 0 Å². The molecule has 4 aromatic rings. The Morgan fingerprint density at radius 1 is 0.926 bits per heavy atom. The maximum atomic E-state index is 4.61. The molecule has 6 rings (SSSR count). The molecule has 1 aromatic carbocycles. The van der Waals surface area contributed by atoms with Gasteiger partial charge in [-0.05, 0) is 66.7 Å². The first-order chi connectivity index (χ1) is 13.4. The van der Waals surface area contributed by atoms with E-state index in [1.165, 1.54) is 52.9 Å². The lowest BCUT2D eigenvalue weighted by Crippen LogP contribution is -2.22. The molecule has 0 amide bonds. The van der Waals surface area contributed by atoms with Crippen molar-refractivity contribution in [2.24, 2.45) is 5.92 Å². The van der Waals surface area contributed by atoms with Gasteiger partial charge in [-0.2, -0.15) is 0 Å². The van der Waals surface area contributed by atoms with Gasteiger partial charge in [0.05, 0.1) is 11.6 Å². The van der Waals surface area contributed by atoms with Crippen LogP contribution in [0.1, 0.15) is 48.1 Å². The molecule has 4 heteroatoms. The number of rotatable bonds is 2. The molecule has 0 radical (unpaired) electrons. The van der Waals surface area contributed by atoms with Crippen LogP contribution in [0.2, 0.25) is 0 Å². The smallest absolute Gasteiger partial charge is 0.141 e. The van der Waals surface area contributed by atoms with Crippen LogP contribution in [-0.4, -0.2) is 14.5 Å². The molecule has 1 fully saturated rings. The van der Waals surface area contributed by atoms with Gasteiger partial charge < -0.3 is 4.57 Å². The van der Waals surface area contributed by atoms with Gasteiger partial charge in [0.25, 0.3) is 0 Å². The number of hydrogen-bond donors (Lipinski definition) is 0. The maximum Gasteiger partial charge on any atom is 0.141 e. The standard InChI is InChI=1S/C23H21N3S/c1-2-4-20-18(3-1)17(9-11-24-20)15-5-7-16(8-6-15)21-22-19(10-14-27-22)23-25-12-13-26(21)23/h1-4,9-16,21H,5-8H2. The number of pyridine rings is 1. The molecular formula is C23H21N3S. The Hall–Kier alpha value is -2.46. The topological polar surface area (TPSA) is 30.7 Å². The van der Waals surface area contributed by atoms with Crippen molar-refractivity contribution in [3.05, 3.63) is 70.8 Å². The van der Waals surface area contributed by atoms with E-state index >= 15 is 0 Å². The van der Waals surface area contributed by atoms with Gasteiger partial charge in [-0.25, -0.2) is 4.98 Å². The highest BCUT2D eigenvalue weighted by molar-refractivity contribution is 7.10. The van der Waals surface area contributed by atoms with E-state index in [4.69, 9.17) is 0 Å². The average molecular weight is 372 g/mol. The molecule has 0 N–H and O–H groups in total. The van der Waals surface area contributed by atoms with Crippen molar-refractivity contribution in [1.29, 1.82) is 0 Å². The summed E-state index contributed by atoms with van der Waals surface area (Å²) in [6, 6.07) is 13.6. The molecule has 1 saturated carbocycles. The fourth-order valence-corrected chi connectivity index (χ4v) is 6.35. The first-order valence-corrected chi connectivity index (χ1v) is 10.7. The quantitative estimate of drug-likeness (QED) is 0.430. The molecule has 4 heterocycles. The molecule has 134 valence electrons. The van der Waals surface area contributed by atoms with Gasteiger partial charge in [-0.15, -0.1) is 11.3 Å². The molecule has 27 heavy (non-hydrogen) atoms. The van der Waals surface area contributed by atoms with Gasteiger partial charge in [0.1, 0.15) is 5.82 Å². The van der Waals surface area contributed by atoms with Crippen LogP contribution in [0.4, 0.5) is 0 Å². The molecule has 0 saturated heterocycles. The van der Waals surface area contributed by atoms with Crippen molar-refractivity contribution >= 4 is 22.2 Å². The van der Waals surface area contributed by atoms with Gasteiger partial charge in [-0.1, -0.05) is 18.2 Å². The van der Waals surface area contributed by atoms with Gasteiger partial charge in [0.2, 0.25) is 0 Å². The summed E-state index contributed by atoms with van der Waals surface area (Å²) in [7, 11) is 0. The fraction of sp³-hybridized carbons (Fsp3) is 0.304. The largest absolute Gasteiger partial charge is 0.322 e. The van der Waals surface area contributed by atoms with Gasteiger partial charge >= 0.3 is 0 Å². The van der Waals surface area contributed by atoms with Crippen molar-refractivity contribution in [2.75, 3.05) is 0 Å². The molecular weight excluding hydrogens is 350 g/mol. The summed E-state index contributed by atoms with van der Waals surface area (Å²) in [5.74, 6) is 2.53.